The molecule has 1 fully saturated rings. The van der Waals surface area contributed by atoms with Crippen molar-refractivity contribution < 1.29 is 28.7 Å². The van der Waals surface area contributed by atoms with Crippen LogP contribution in [0.4, 0.5) is 16.2 Å². The lowest BCUT2D eigenvalue weighted by Crippen LogP contribution is -2.48. The summed E-state index contributed by atoms with van der Waals surface area (Å²) in [5, 5.41) is 20.7. The molecule has 0 atom stereocenters. The molecule has 2 N–H and O–H groups in total. The van der Waals surface area contributed by atoms with Crippen LogP contribution >= 0.6 is 11.6 Å². The molecule has 1 aliphatic carbocycles. The Labute approximate surface area is 203 Å². The van der Waals surface area contributed by atoms with Crippen molar-refractivity contribution in [2.45, 2.75) is 31.6 Å². The molecule has 3 aromatic rings. The van der Waals surface area contributed by atoms with Crippen LogP contribution < -0.4 is 15.4 Å². The molecule has 0 bridgehead atoms. The molecule has 2 aromatic heterocycles. The van der Waals surface area contributed by atoms with E-state index in [4.69, 9.17) is 21.1 Å². The summed E-state index contributed by atoms with van der Waals surface area (Å²) in [4.78, 5) is 39.2. The van der Waals surface area contributed by atoms with Crippen LogP contribution in [0.2, 0.25) is 5.15 Å². The standard InChI is InChI=1S/C21H21ClN6O7/c1-33-17-4-3-11(5-15(17)28(31)32)10-35-13-6-12(7-13)24-20(29)16-9-23-19-14(25-21(30)34-2)8-18(22)26-27(16)19/h3-5,8-9,12-13H,6-7,10H2,1-2H3,(H,24,29)(H,25,30). The molecule has 2 amide bonds. The van der Waals surface area contributed by atoms with Crippen molar-refractivity contribution in [2.24, 2.45) is 0 Å². The summed E-state index contributed by atoms with van der Waals surface area (Å²) in [5.41, 5.74) is 1.14. The first-order valence-corrected chi connectivity index (χ1v) is 10.8. The second-order valence-corrected chi connectivity index (χ2v) is 8.10. The van der Waals surface area contributed by atoms with Gasteiger partial charge in [0.05, 0.1) is 43.7 Å². The zero-order valence-corrected chi connectivity index (χ0v) is 19.4. The predicted molar refractivity (Wildman–Crippen MR) is 123 cm³/mol. The average molecular weight is 505 g/mol. The van der Waals surface area contributed by atoms with Crippen molar-refractivity contribution in [3.8, 4) is 5.75 Å². The minimum atomic E-state index is -0.715. The SMILES string of the molecule is COC(=O)Nc1cc(Cl)nn2c(C(=O)NC3CC(OCc4ccc(OC)c([N+](=O)[O-])c4)C3)cnc12. The van der Waals surface area contributed by atoms with Crippen LogP contribution in [0.5, 0.6) is 5.75 Å². The van der Waals surface area contributed by atoms with Gasteiger partial charge in [0.25, 0.3) is 5.91 Å². The molecule has 13 nitrogen and oxygen atoms in total. The summed E-state index contributed by atoms with van der Waals surface area (Å²) in [7, 11) is 2.59. The van der Waals surface area contributed by atoms with Crippen molar-refractivity contribution in [1.82, 2.24) is 19.9 Å². The van der Waals surface area contributed by atoms with Gasteiger partial charge in [0.15, 0.2) is 22.2 Å². The van der Waals surface area contributed by atoms with E-state index in [2.05, 4.69) is 25.5 Å². The lowest BCUT2D eigenvalue weighted by atomic mass is 9.89. The van der Waals surface area contributed by atoms with Crippen LogP contribution in [0, 0.1) is 10.1 Å². The Morgan fingerprint density at radius 1 is 1.29 bits per heavy atom. The highest BCUT2D eigenvalue weighted by Gasteiger charge is 2.32. The highest BCUT2D eigenvalue weighted by atomic mass is 35.5. The first kappa shape index (κ1) is 24.2. The van der Waals surface area contributed by atoms with Crippen LogP contribution in [0.25, 0.3) is 5.65 Å². The second kappa shape index (κ2) is 10.1. The number of amides is 2. The van der Waals surface area contributed by atoms with Crippen molar-refractivity contribution in [3.05, 3.63) is 57.0 Å². The van der Waals surface area contributed by atoms with Crippen LogP contribution in [-0.2, 0) is 16.1 Å². The van der Waals surface area contributed by atoms with E-state index in [1.807, 2.05) is 0 Å². The summed E-state index contributed by atoms with van der Waals surface area (Å²) in [5.74, 6) is -0.230. The number of anilines is 1. The van der Waals surface area contributed by atoms with Crippen molar-refractivity contribution >= 4 is 40.6 Å². The van der Waals surface area contributed by atoms with Gasteiger partial charge in [0.2, 0.25) is 0 Å². The Hall–Kier alpha value is -3.97. The number of carbonyl (C=O) groups is 2. The van der Waals surface area contributed by atoms with Gasteiger partial charge >= 0.3 is 11.8 Å². The smallest absolute Gasteiger partial charge is 0.411 e. The van der Waals surface area contributed by atoms with Crippen molar-refractivity contribution in [2.75, 3.05) is 19.5 Å². The highest BCUT2D eigenvalue weighted by Crippen LogP contribution is 2.30. The number of aromatic nitrogens is 3. The topological polar surface area (TPSA) is 159 Å². The number of benzene rings is 1. The van der Waals surface area contributed by atoms with Gasteiger partial charge in [0.1, 0.15) is 0 Å². The minimum Gasteiger partial charge on any atom is -0.490 e. The van der Waals surface area contributed by atoms with E-state index in [0.717, 1.165) is 0 Å². The Morgan fingerprint density at radius 2 is 2.06 bits per heavy atom. The molecular weight excluding hydrogens is 484 g/mol. The lowest BCUT2D eigenvalue weighted by Gasteiger charge is -2.35. The molecule has 1 aliphatic rings. The van der Waals surface area contributed by atoms with E-state index in [1.165, 1.54) is 43.1 Å². The summed E-state index contributed by atoms with van der Waals surface area (Å²) < 4.78 is 16.6. The monoisotopic (exact) mass is 504 g/mol. The number of nitro groups is 1. The average Bonchev–Trinajstić information content (AvgIpc) is 3.24. The number of carbonyl (C=O) groups excluding carboxylic acids is 2. The number of ether oxygens (including phenoxy) is 3. The molecule has 184 valence electrons. The number of halogens is 1. The van der Waals surface area contributed by atoms with Gasteiger partial charge in [-0.25, -0.2) is 14.3 Å². The zero-order valence-electron chi connectivity index (χ0n) is 18.7. The molecule has 0 aliphatic heterocycles. The maximum atomic E-state index is 12.8. The van der Waals surface area contributed by atoms with Crippen LogP contribution in [0.3, 0.4) is 0 Å². The van der Waals surface area contributed by atoms with Gasteiger partial charge in [-0.1, -0.05) is 17.7 Å². The number of hydrogen-bond acceptors (Lipinski definition) is 9. The molecule has 2 heterocycles. The highest BCUT2D eigenvalue weighted by molar-refractivity contribution is 6.29. The van der Waals surface area contributed by atoms with Gasteiger partial charge < -0.3 is 19.5 Å². The number of fused-ring (bicyclic) bond motifs is 1. The fourth-order valence-corrected chi connectivity index (χ4v) is 3.79. The molecule has 35 heavy (non-hydrogen) atoms. The molecule has 4 rings (SSSR count). The number of nitrogens with one attached hydrogen (secondary N) is 2. The number of nitrogens with zero attached hydrogens (tertiary/aromatic N) is 4. The van der Waals surface area contributed by atoms with Gasteiger partial charge in [-0.2, -0.15) is 5.10 Å². The third-order valence-electron chi connectivity index (χ3n) is 5.45. The quantitative estimate of drug-likeness (QED) is 0.347. The summed E-state index contributed by atoms with van der Waals surface area (Å²) in [6.45, 7) is 0.196. The first-order chi connectivity index (χ1) is 16.8. The molecular formula is C21H21ClN6O7. The van der Waals surface area contributed by atoms with E-state index in [0.29, 0.717) is 18.4 Å². The number of nitro benzene ring substituents is 1. The number of methoxy groups -OCH3 is 2. The van der Waals surface area contributed by atoms with Gasteiger partial charge in [-0.15, -0.1) is 0 Å². The van der Waals surface area contributed by atoms with E-state index in [1.54, 1.807) is 6.07 Å². The summed E-state index contributed by atoms with van der Waals surface area (Å²) >= 11 is 6.03. The molecule has 0 saturated heterocycles. The number of imidazole rings is 1. The van der Waals surface area contributed by atoms with E-state index >= 15 is 0 Å². The van der Waals surface area contributed by atoms with Crippen LogP contribution in [0.15, 0.2) is 30.5 Å². The second-order valence-electron chi connectivity index (χ2n) is 7.71. The maximum Gasteiger partial charge on any atom is 0.411 e. The normalized spacial score (nSPS) is 16.9. The van der Waals surface area contributed by atoms with Crippen LogP contribution in [0.1, 0.15) is 28.9 Å². The van der Waals surface area contributed by atoms with Gasteiger partial charge in [-0.05, 0) is 24.5 Å². The lowest BCUT2D eigenvalue weighted by molar-refractivity contribution is -0.385. The van der Waals surface area contributed by atoms with Gasteiger partial charge in [0, 0.05) is 18.2 Å². The van der Waals surface area contributed by atoms with E-state index < -0.39 is 16.9 Å². The Balaban J connectivity index is 1.34. The summed E-state index contributed by atoms with van der Waals surface area (Å²) in [6.07, 6.45) is 1.66. The molecule has 0 radical (unpaired) electrons. The molecule has 14 heteroatoms. The van der Waals surface area contributed by atoms with Crippen LogP contribution in [-0.4, -0.2) is 57.9 Å². The fourth-order valence-electron chi connectivity index (χ4n) is 3.61. The third kappa shape index (κ3) is 5.25. The van der Waals surface area contributed by atoms with E-state index in [9.17, 15) is 19.7 Å². The molecule has 0 unspecified atom stereocenters. The number of hydrogen-bond donors (Lipinski definition) is 2. The first-order valence-electron chi connectivity index (χ1n) is 10.4. The largest absolute Gasteiger partial charge is 0.490 e. The van der Waals surface area contributed by atoms with Crippen molar-refractivity contribution in [1.29, 1.82) is 0 Å². The van der Waals surface area contributed by atoms with Crippen molar-refractivity contribution in [3.63, 3.8) is 0 Å². The maximum absolute atomic E-state index is 12.8. The predicted octanol–water partition coefficient (Wildman–Crippen LogP) is 2.96. The van der Waals surface area contributed by atoms with E-state index in [-0.39, 0.29) is 52.4 Å². The number of rotatable bonds is 8. The molecule has 1 saturated carbocycles. The Morgan fingerprint density at radius 3 is 2.74 bits per heavy atom. The summed E-state index contributed by atoms with van der Waals surface area (Å²) in [6, 6.07) is 5.92. The Bertz CT molecular complexity index is 1290. The molecule has 0 spiro atoms. The molecule has 1 aromatic carbocycles. The van der Waals surface area contributed by atoms with Gasteiger partial charge in [-0.3, -0.25) is 20.2 Å². The zero-order chi connectivity index (χ0) is 25.1. The third-order valence-corrected chi connectivity index (χ3v) is 5.63. The minimum absolute atomic E-state index is 0.0480. The fraction of sp³-hybridized carbons (Fsp3) is 0.333. The Kier molecular flexibility index (Phi) is 6.98.